The zero-order valence-corrected chi connectivity index (χ0v) is 18.6. The maximum absolute atomic E-state index is 13.6. The molecule has 1 amide bonds. The van der Waals surface area contributed by atoms with Gasteiger partial charge in [0.1, 0.15) is 0 Å². The Morgan fingerprint density at radius 1 is 1.03 bits per heavy atom. The SMILES string of the molecule is O=C(c1ccc2[nH]ccc2c1)N1Cc2ccccc2C2(CCN(C3CCOCC3)CC2)C1. The first-order valence-electron chi connectivity index (χ1n) is 12.0. The maximum Gasteiger partial charge on any atom is 0.254 e. The summed E-state index contributed by atoms with van der Waals surface area (Å²) in [7, 11) is 0. The highest BCUT2D eigenvalue weighted by molar-refractivity contribution is 5.98. The summed E-state index contributed by atoms with van der Waals surface area (Å²) in [5, 5.41) is 1.09. The number of piperidine rings is 1. The average Bonchev–Trinajstić information content (AvgIpc) is 3.33. The standard InChI is InChI=1S/C27H31N3O2/c31-26(21-5-6-25-20(17-21)7-12-28-25)30-18-22-3-1-2-4-24(22)27(19-30)10-13-29(14-11-27)23-8-15-32-16-9-23/h1-7,12,17,23,28H,8-11,13-16,18-19H2. The second-order valence-electron chi connectivity index (χ2n) is 9.76. The minimum atomic E-state index is 0.0599. The number of aromatic amines is 1. The van der Waals surface area contributed by atoms with Gasteiger partial charge in [-0.3, -0.25) is 4.79 Å². The van der Waals surface area contributed by atoms with E-state index < -0.39 is 0 Å². The van der Waals surface area contributed by atoms with Gasteiger partial charge in [0.25, 0.3) is 5.91 Å². The van der Waals surface area contributed by atoms with Crippen molar-refractivity contribution in [2.75, 3.05) is 32.8 Å². The summed E-state index contributed by atoms with van der Waals surface area (Å²) in [5.74, 6) is 0.147. The van der Waals surface area contributed by atoms with Crippen molar-refractivity contribution in [3.05, 3.63) is 71.4 Å². The number of nitrogens with zero attached hydrogens (tertiary/aromatic N) is 2. The number of ether oxygens (including phenoxy) is 1. The number of likely N-dealkylation sites (tertiary alicyclic amines) is 1. The molecule has 1 spiro atoms. The molecule has 0 radical (unpaired) electrons. The first-order chi connectivity index (χ1) is 15.7. The molecule has 0 saturated carbocycles. The molecule has 166 valence electrons. The molecule has 3 aliphatic rings. The number of amides is 1. The third-order valence-corrected chi connectivity index (χ3v) is 7.99. The molecule has 3 aromatic rings. The lowest BCUT2D eigenvalue weighted by atomic mass is 9.68. The number of hydrogen-bond donors (Lipinski definition) is 1. The first kappa shape index (κ1) is 20.0. The van der Waals surface area contributed by atoms with Gasteiger partial charge in [-0.2, -0.15) is 0 Å². The van der Waals surface area contributed by atoms with Gasteiger partial charge in [0.05, 0.1) is 0 Å². The minimum absolute atomic E-state index is 0.0599. The lowest BCUT2D eigenvalue weighted by Gasteiger charge is -2.50. The van der Waals surface area contributed by atoms with E-state index in [1.807, 2.05) is 30.5 Å². The van der Waals surface area contributed by atoms with Gasteiger partial charge < -0.3 is 19.5 Å². The number of H-pyrrole nitrogens is 1. The lowest BCUT2D eigenvalue weighted by Crippen LogP contribution is -2.55. The summed E-state index contributed by atoms with van der Waals surface area (Å²) in [5.41, 5.74) is 4.70. The molecule has 3 aliphatic heterocycles. The van der Waals surface area contributed by atoms with Crippen molar-refractivity contribution in [2.24, 2.45) is 0 Å². The molecule has 0 atom stereocenters. The van der Waals surface area contributed by atoms with E-state index in [1.165, 1.54) is 11.1 Å². The van der Waals surface area contributed by atoms with Crippen LogP contribution in [0.1, 0.15) is 47.2 Å². The predicted octanol–water partition coefficient (Wildman–Crippen LogP) is 4.34. The van der Waals surface area contributed by atoms with E-state index in [0.29, 0.717) is 12.6 Å². The smallest absolute Gasteiger partial charge is 0.254 e. The topological polar surface area (TPSA) is 48.6 Å². The van der Waals surface area contributed by atoms with Crippen molar-refractivity contribution in [3.63, 3.8) is 0 Å². The summed E-state index contributed by atoms with van der Waals surface area (Å²) >= 11 is 0. The average molecular weight is 430 g/mol. The van der Waals surface area contributed by atoms with E-state index in [-0.39, 0.29) is 11.3 Å². The van der Waals surface area contributed by atoms with Crippen LogP contribution in [0.25, 0.3) is 10.9 Å². The molecule has 5 nitrogen and oxygen atoms in total. The molecular weight excluding hydrogens is 398 g/mol. The quantitative estimate of drug-likeness (QED) is 0.659. The van der Waals surface area contributed by atoms with Crippen molar-refractivity contribution in [1.82, 2.24) is 14.8 Å². The Labute approximate surface area is 189 Å². The van der Waals surface area contributed by atoms with Crippen LogP contribution in [-0.4, -0.2) is 59.6 Å². The zero-order valence-electron chi connectivity index (χ0n) is 18.6. The number of carbonyl (C=O) groups excluding carboxylic acids is 1. The number of hydrogen-bond acceptors (Lipinski definition) is 3. The molecule has 1 aromatic heterocycles. The molecule has 5 heteroatoms. The van der Waals surface area contributed by atoms with Crippen molar-refractivity contribution >= 4 is 16.8 Å². The van der Waals surface area contributed by atoms with E-state index in [4.69, 9.17) is 4.74 Å². The Kier molecular flexibility index (Phi) is 5.04. The van der Waals surface area contributed by atoms with Gasteiger partial charge in [0.15, 0.2) is 0 Å². The third-order valence-electron chi connectivity index (χ3n) is 7.99. The van der Waals surface area contributed by atoms with Gasteiger partial charge in [-0.15, -0.1) is 0 Å². The fourth-order valence-corrected chi connectivity index (χ4v) is 6.20. The number of fused-ring (bicyclic) bond motifs is 3. The Morgan fingerprint density at radius 2 is 1.84 bits per heavy atom. The van der Waals surface area contributed by atoms with Crippen LogP contribution >= 0.6 is 0 Å². The minimum Gasteiger partial charge on any atom is -0.381 e. The highest BCUT2D eigenvalue weighted by atomic mass is 16.5. The second kappa shape index (κ2) is 8.05. The van der Waals surface area contributed by atoms with Gasteiger partial charge in [0.2, 0.25) is 0 Å². The van der Waals surface area contributed by atoms with Crippen molar-refractivity contribution < 1.29 is 9.53 Å². The van der Waals surface area contributed by atoms with E-state index in [2.05, 4.69) is 39.0 Å². The number of benzene rings is 2. The van der Waals surface area contributed by atoms with Gasteiger partial charge in [-0.25, -0.2) is 0 Å². The highest BCUT2D eigenvalue weighted by Crippen LogP contribution is 2.43. The second-order valence-corrected chi connectivity index (χ2v) is 9.76. The molecule has 2 saturated heterocycles. The molecule has 6 rings (SSSR count). The van der Waals surface area contributed by atoms with Crippen LogP contribution in [0.3, 0.4) is 0 Å². The molecule has 0 unspecified atom stereocenters. The van der Waals surface area contributed by atoms with Crippen LogP contribution in [0.2, 0.25) is 0 Å². The number of rotatable bonds is 2. The van der Waals surface area contributed by atoms with Gasteiger partial charge in [-0.1, -0.05) is 24.3 Å². The predicted molar refractivity (Wildman–Crippen MR) is 126 cm³/mol. The molecule has 0 bridgehead atoms. The van der Waals surface area contributed by atoms with Crippen molar-refractivity contribution in [3.8, 4) is 0 Å². The monoisotopic (exact) mass is 429 g/mol. The Morgan fingerprint density at radius 3 is 2.69 bits per heavy atom. The molecular formula is C27H31N3O2. The normalized spacial score (nSPS) is 21.7. The molecule has 2 aromatic carbocycles. The van der Waals surface area contributed by atoms with Crippen LogP contribution in [0, 0.1) is 0 Å². The van der Waals surface area contributed by atoms with Crippen LogP contribution in [0.15, 0.2) is 54.7 Å². The number of nitrogens with one attached hydrogen (secondary N) is 1. The summed E-state index contributed by atoms with van der Waals surface area (Å²) < 4.78 is 5.58. The van der Waals surface area contributed by atoms with Gasteiger partial charge in [0, 0.05) is 60.4 Å². The van der Waals surface area contributed by atoms with E-state index in [1.54, 1.807) is 0 Å². The number of carbonyl (C=O) groups is 1. The van der Waals surface area contributed by atoms with E-state index in [0.717, 1.165) is 75.0 Å². The Hall–Kier alpha value is -2.63. The Balaban J connectivity index is 1.27. The van der Waals surface area contributed by atoms with Gasteiger partial charge >= 0.3 is 0 Å². The van der Waals surface area contributed by atoms with Gasteiger partial charge in [-0.05, 0) is 74.2 Å². The molecule has 4 heterocycles. The van der Waals surface area contributed by atoms with Crippen LogP contribution in [-0.2, 0) is 16.7 Å². The molecule has 2 fully saturated rings. The summed E-state index contributed by atoms with van der Waals surface area (Å²) in [4.78, 5) is 21.6. The fraction of sp³-hybridized carbons (Fsp3) is 0.444. The molecule has 1 N–H and O–H groups in total. The third kappa shape index (κ3) is 3.44. The summed E-state index contributed by atoms with van der Waals surface area (Å²) in [6, 6.07) is 17.5. The summed E-state index contributed by atoms with van der Waals surface area (Å²) in [6.07, 6.45) is 6.45. The van der Waals surface area contributed by atoms with Crippen molar-refractivity contribution in [2.45, 2.75) is 43.7 Å². The lowest BCUT2D eigenvalue weighted by molar-refractivity contribution is 0.0102. The van der Waals surface area contributed by atoms with Crippen molar-refractivity contribution in [1.29, 1.82) is 0 Å². The molecule has 32 heavy (non-hydrogen) atoms. The van der Waals surface area contributed by atoms with E-state index in [9.17, 15) is 4.79 Å². The van der Waals surface area contributed by atoms with Crippen LogP contribution < -0.4 is 0 Å². The fourth-order valence-electron chi connectivity index (χ4n) is 6.20. The molecule has 0 aliphatic carbocycles. The van der Waals surface area contributed by atoms with Crippen LogP contribution in [0.5, 0.6) is 0 Å². The first-order valence-corrected chi connectivity index (χ1v) is 12.0. The van der Waals surface area contributed by atoms with Crippen LogP contribution in [0.4, 0.5) is 0 Å². The number of aromatic nitrogens is 1. The zero-order chi connectivity index (χ0) is 21.5. The largest absolute Gasteiger partial charge is 0.381 e. The van der Waals surface area contributed by atoms with E-state index >= 15 is 0 Å². The summed E-state index contributed by atoms with van der Waals surface area (Å²) in [6.45, 7) is 5.51. The Bertz CT molecular complexity index is 1120. The highest BCUT2D eigenvalue weighted by Gasteiger charge is 2.44. The maximum atomic E-state index is 13.6.